The molecule has 0 saturated heterocycles. The number of ketones is 1. The Bertz CT molecular complexity index is 616. The van der Waals surface area contributed by atoms with E-state index in [1.54, 1.807) is 6.08 Å². The van der Waals surface area contributed by atoms with Crippen molar-refractivity contribution < 1.29 is 19.1 Å². The van der Waals surface area contributed by atoms with Crippen LogP contribution in [0.5, 0.6) is 5.75 Å². The first-order valence-corrected chi connectivity index (χ1v) is 9.75. The van der Waals surface area contributed by atoms with Crippen LogP contribution in [0.3, 0.4) is 0 Å². The molecule has 142 valence electrons. The largest absolute Gasteiger partial charge is 0.494 e. The van der Waals surface area contributed by atoms with Gasteiger partial charge in [0.25, 0.3) is 0 Å². The summed E-state index contributed by atoms with van der Waals surface area (Å²) >= 11 is 0. The van der Waals surface area contributed by atoms with E-state index in [0.29, 0.717) is 6.42 Å². The second-order valence-corrected chi connectivity index (χ2v) is 6.87. The molecule has 0 N–H and O–H groups in total. The van der Waals surface area contributed by atoms with Crippen LogP contribution in [0.25, 0.3) is 5.57 Å². The van der Waals surface area contributed by atoms with Crippen molar-refractivity contribution in [2.45, 2.75) is 71.3 Å². The highest BCUT2D eigenvalue weighted by atomic mass is 16.5. The standard InChI is InChI=1S/C22H30O4/c1-3-4-5-6-7-8-9-14-25-20-12-10-18(11-13-20)19-15-21(24)22(16-19)26-17(2)23/h10-13,15,22H,3-9,14,16H2,1-2H3. The molecule has 1 aliphatic carbocycles. The predicted molar refractivity (Wildman–Crippen MR) is 103 cm³/mol. The van der Waals surface area contributed by atoms with E-state index >= 15 is 0 Å². The summed E-state index contributed by atoms with van der Waals surface area (Å²) < 4.78 is 10.8. The van der Waals surface area contributed by atoms with Gasteiger partial charge in [0, 0.05) is 13.3 Å². The lowest BCUT2D eigenvalue weighted by atomic mass is 10.1. The van der Waals surface area contributed by atoms with Crippen molar-refractivity contribution in [2.75, 3.05) is 6.61 Å². The molecule has 2 rings (SSSR count). The summed E-state index contributed by atoms with van der Waals surface area (Å²) in [4.78, 5) is 22.9. The maximum atomic E-state index is 11.9. The fraction of sp³-hybridized carbons (Fsp3) is 0.545. The fourth-order valence-corrected chi connectivity index (χ4v) is 3.14. The van der Waals surface area contributed by atoms with Crippen molar-refractivity contribution in [3.63, 3.8) is 0 Å². The molecular weight excluding hydrogens is 328 g/mol. The summed E-state index contributed by atoms with van der Waals surface area (Å²) in [6.07, 6.45) is 10.2. The van der Waals surface area contributed by atoms with E-state index < -0.39 is 12.1 Å². The lowest BCUT2D eigenvalue weighted by Crippen LogP contribution is -2.20. The summed E-state index contributed by atoms with van der Waals surface area (Å²) in [7, 11) is 0. The molecule has 1 aromatic rings. The van der Waals surface area contributed by atoms with Gasteiger partial charge in [-0.1, -0.05) is 57.6 Å². The third kappa shape index (κ3) is 6.66. The van der Waals surface area contributed by atoms with Crippen LogP contribution >= 0.6 is 0 Å². The molecule has 1 aromatic carbocycles. The first-order valence-electron chi connectivity index (χ1n) is 9.75. The average Bonchev–Trinajstić information content (AvgIpc) is 2.98. The van der Waals surface area contributed by atoms with Crippen molar-refractivity contribution >= 4 is 17.3 Å². The van der Waals surface area contributed by atoms with E-state index in [4.69, 9.17) is 9.47 Å². The average molecular weight is 358 g/mol. The van der Waals surface area contributed by atoms with Crippen molar-refractivity contribution in [2.24, 2.45) is 0 Å². The molecule has 4 heteroatoms. The topological polar surface area (TPSA) is 52.6 Å². The number of hydrogen-bond donors (Lipinski definition) is 0. The monoisotopic (exact) mass is 358 g/mol. The van der Waals surface area contributed by atoms with Gasteiger partial charge in [0.05, 0.1) is 6.61 Å². The van der Waals surface area contributed by atoms with Crippen LogP contribution in [-0.4, -0.2) is 24.5 Å². The van der Waals surface area contributed by atoms with Crippen LogP contribution in [0.1, 0.15) is 70.8 Å². The summed E-state index contributed by atoms with van der Waals surface area (Å²) in [6, 6.07) is 7.77. The molecule has 0 amide bonds. The normalized spacial score (nSPS) is 16.5. The molecule has 26 heavy (non-hydrogen) atoms. The Balaban J connectivity index is 1.71. The van der Waals surface area contributed by atoms with E-state index in [2.05, 4.69) is 6.92 Å². The van der Waals surface area contributed by atoms with Crippen LogP contribution in [0.2, 0.25) is 0 Å². The third-order valence-corrected chi connectivity index (χ3v) is 4.59. The van der Waals surface area contributed by atoms with E-state index in [1.165, 1.54) is 45.4 Å². The minimum atomic E-state index is -0.671. The number of esters is 1. The molecule has 1 unspecified atom stereocenters. The Kier molecular flexibility index (Phi) is 8.39. The fourth-order valence-electron chi connectivity index (χ4n) is 3.14. The molecule has 4 nitrogen and oxygen atoms in total. The van der Waals surface area contributed by atoms with Crippen molar-refractivity contribution in [1.82, 2.24) is 0 Å². The van der Waals surface area contributed by atoms with Crippen molar-refractivity contribution in [3.8, 4) is 5.75 Å². The van der Waals surface area contributed by atoms with Gasteiger partial charge in [0.15, 0.2) is 11.9 Å². The highest BCUT2D eigenvalue weighted by Gasteiger charge is 2.28. The number of unbranched alkanes of at least 4 members (excludes halogenated alkanes) is 6. The van der Waals surface area contributed by atoms with Crippen LogP contribution in [-0.2, 0) is 14.3 Å². The van der Waals surface area contributed by atoms with E-state index in [0.717, 1.165) is 29.9 Å². The van der Waals surface area contributed by atoms with Gasteiger partial charge in [-0.3, -0.25) is 9.59 Å². The van der Waals surface area contributed by atoms with Crippen LogP contribution in [0.15, 0.2) is 30.3 Å². The number of carbonyl (C=O) groups excluding carboxylic acids is 2. The summed E-state index contributed by atoms with van der Waals surface area (Å²) in [5.41, 5.74) is 1.87. The summed E-state index contributed by atoms with van der Waals surface area (Å²) in [5, 5.41) is 0. The second kappa shape index (κ2) is 10.8. The van der Waals surface area contributed by atoms with Crippen LogP contribution in [0, 0.1) is 0 Å². The molecule has 0 aliphatic heterocycles. The molecule has 0 saturated carbocycles. The van der Waals surface area contributed by atoms with E-state index in [-0.39, 0.29) is 5.78 Å². The molecule has 1 atom stereocenters. The van der Waals surface area contributed by atoms with Crippen molar-refractivity contribution in [3.05, 3.63) is 35.9 Å². The van der Waals surface area contributed by atoms with Gasteiger partial charge >= 0.3 is 5.97 Å². The molecule has 0 heterocycles. The van der Waals surface area contributed by atoms with Gasteiger partial charge < -0.3 is 9.47 Å². The third-order valence-electron chi connectivity index (χ3n) is 4.59. The Labute approximate surface area is 156 Å². The Morgan fingerprint density at radius 3 is 2.35 bits per heavy atom. The highest BCUT2D eigenvalue weighted by Crippen LogP contribution is 2.29. The number of hydrogen-bond acceptors (Lipinski definition) is 4. The van der Waals surface area contributed by atoms with E-state index in [1.807, 2.05) is 24.3 Å². The zero-order chi connectivity index (χ0) is 18.8. The van der Waals surface area contributed by atoms with Gasteiger partial charge in [-0.05, 0) is 35.8 Å². The maximum Gasteiger partial charge on any atom is 0.303 e. The van der Waals surface area contributed by atoms with Crippen molar-refractivity contribution in [1.29, 1.82) is 0 Å². The predicted octanol–water partition coefficient (Wildman–Crippen LogP) is 5.10. The Morgan fingerprint density at radius 2 is 1.69 bits per heavy atom. The molecule has 0 aromatic heterocycles. The highest BCUT2D eigenvalue weighted by molar-refractivity contribution is 6.05. The number of benzene rings is 1. The van der Waals surface area contributed by atoms with Crippen LogP contribution < -0.4 is 4.74 Å². The summed E-state index contributed by atoms with van der Waals surface area (Å²) in [5.74, 6) is 0.280. The molecule has 0 radical (unpaired) electrons. The maximum absolute atomic E-state index is 11.9. The minimum absolute atomic E-state index is 0.144. The Hall–Kier alpha value is -2.10. The number of ether oxygens (including phenoxy) is 2. The molecular formula is C22H30O4. The SMILES string of the molecule is CCCCCCCCCOc1ccc(C2=CC(=O)C(OC(C)=O)C2)cc1. The van der Waals surface area contributed by atoms with Crippen LogP contribution in [0.4, 0.5) is 0 Å². The molecule has 0 bridgehead atoms. The van der Waals surface area contributed by atoms with Gasteiger partial charge in [-0.15, -0.1) is 0 Å². The van der Waals surface area contributed by atoms with Gasteiger partial charge in [0.2, 0.25) is 0 Å². The zero-order valence-electron chi connectivity index (χ0n) is 16.0. The van der Waals surface area contributed by atoms with Gasteiger partial charge in [-0.2, -0.15) is 0 Å². The van der Waals surface area contributed by atoms with Gasteiger partial charge in [-0.25, -0.2) is 0 Å². The first-order chi connectivity index (χ1) is 12.6. The quantitative estimate of drug-likeness (QED) is 0.408. The molecule has 0 spiro atoms. The summed E-state index contributed by atoms with van der Waals surface area (Å²) in [6.45, 7) is 4.30. The lowest BCUT2D eigenvalue weighted by molar-refractivity contribution is -0.150. The lowest BCUT2D eigenvalue weighted by Gasteiger charge is -2.10. The van der Waals surface area contributed by atoms with E-state index in [9.17, 15) is 9.59 Å². The number of rotatable bonds is 11. The smallest absolute Gasteiger partial charge is 0.303 e. The first kappa shape index (κ1) is 20.2. The zero-order valence-corrected chi connectivity index (χ0v) is 16.0. The van der Waals surface area contributed by atoms with Gasteiger partial charge in [0.1, 0.15) is 5.75 Å². The molecule has 0 fully saturated rings. The number of carbonyl (C=O) groups is 2. The minimum Gasteiger partial charge on any atom is -0.494 e. The molecule has 1 aliphatic rings. The second-order valence-electron chi connectivity index (χ2n) is 6.87. The Morgan fingerprint density at radius 1 is 1.04 bits per heavy atom.